The van der Waals surface area contributed by atoms with Crippen LogP contribution in [-0.4, -0.2) is 0 Å². The zero-order valence-corrected chi connectivity index (χ0v) is 13.8. The van der Waals surface area contributed by atoms with Crippen molar-refractivity contribution in [1.29, 1.82) is 0 Å². The molecule has 0 unspecified atom stereocenters. The second kappa shape index (κ2) is 6.81. The molecule has 0 amide bonds. The standard InChI is InChI=1S/C9H18.C8H18/c1-7(2)9(5-6-9)8(3)4;1-6(2)8(5)7(3)4/h7-8H,5-6H2,1-4H3;6-8H,1-5H3. The second-order valence-corrected chi connectivity index (χ2v) is 7.39. The maximum Gasteiger partial charge on any atom is -0.0251 e. The lowest BCUT2D eigenvalue weighted by Crippen LogP contribution is -2.16. The number of rotatable bonds is 4. The zero-order chi connectivity index (χ0) is 13.8. The summed E-state index contributed by atoms with van der Waals surface area (Å²) in [6.45, 7) is 20.9. The van der Waals surface area contributed by atoms with E-state index in [2.05, 4.69) is 62.3 Å². The Morgan fingerprint density at radius 3 is 0.882 bits per heavy atom. The zero-order valence-electron chi connectivity index (χ0n) is 13.8. The third kappa shape index (κ3) is 5.02. The van der Waals surface area contributed by atoms with E-state index in [1.807, 2.05) is 0 Å². The van der Waals surface area contributed by atoms with E-state index in [1.165, 1.54) is 12.8 Å². The molecule has 0 bridgehead atoms. The summed E-state index contributed by atoms with van der Waals surface area (Å²) >= 11 is 0. The molecule has 0 atom stereocenters. The molecule has 0 heteroatoms. The van der Waals surface area contributed by atoms with Gasteiger partial charge in [-0.15, -0.1) is 0 Å². The van der Waals surface area contributed by atoms with Gasteiger partial charge in [-0.2, -0.15) is 0 Å². The van der Waals surface area contributed by atoms with Gasteiger partial charge in [-0.05, 0) is 47.8 Å². The van der Waals surface area contributed by atoms with Crippen LogP contribution in [0.15, 0.2) is 0 Å². The van der Waals surface area contributed by atoms with Gasteiger partial charge >= 0.3 is 0 Å². The highest BCUT2D eigenvalue weighted by Gasteiger charge is 2.47. The minimum absolute atomic E-state index is 0.750. The summed E-state index contributed by atoms with van der Waals surface area (Å²) < 4.78 is 0. The summed E-state index contributed by atoms with van der Waals surface area (Å²) in [4.78, 5) is 0. The van der Waals surface area contributed by atoms with Gasteiger partial charge in [-0.1, -0.05) is 62.3 Å². The Morgan fingerprint density at radius 2 is 0.882 bits per heavy atom. The lowest BCUT2D eigenvalue weighted by molar-refractivity contribution is 0.260. The molecule has 1 aliphatic rings. The fraction of sp³-hybridized carbons (Fsp3) is 1.00. The van der Waals surface area contributed by atoms with Crippen molar-refractivity contribution in [2.75, 3.05) is 0 Å². The minimum atomic E-state index is 0.750. The fourth-order valence-corrected chi connectivity index (χ4v) is 2.74. The first-order valence-corrected chi connectivity index (χ1v) is 7.65. The lowest BCUT2D eigenvalue weighted by Gasteiger charge is -2.23. The first-order valence-electron chi connectivity index (χ1n) is 7.65. The molecule has 17 heavy (non-hydrogen) atoms. The molecular formula is C17H36. The van der Waals surface area contributed by atoms with Crippen molar-refractivity contribution in [2.24, 2.45) is 35.0 Å². The van der Waals surface area contributed by atoms with E-state index in [1.54, 1.807) is 0 Å². The molecule has 0 saturated heterocycles. The normalized spacial score (nSPS) is 18.0. The topological polar surface area (TPSA) is 0 Å². The summed E-state index contributed by atoms with van der Waals surface area (Å²) in [5, 5.41) is 0. The molecule has 0 heterocycles. The second-order valence-electron chi connectivity index (χ2n) is 7.39. The molecule has 0 aromatic rings. The monoisotopic (exact) mass is 240 g/mol. The summed E-state index contributed by atoms with van der Waals surface area (Å²) in [5.41, 5.74) is 0.750. The molecule has 104 valence electrons. The van der Waals surface area contributed by atoms with Crippen molar-refractivity contribution >= 4 is 0 Å². The summed E-state index contributed by atoms with van der Waals surface area (Å²) in [6.07, 6.45) is 2.95. The molecule has 1 saturated carbocycles. The third-order valence-electron chi connectivity index (χ3n) is 5.23. The molecule has 0 radical (unpaired) electrons. The van der Waals surface area contributed by atoms with Crippen LogP contribution in [0.2, 0.25) is 0 Å². The Kier molecular flexibility index (Phi) is 6.81. The summed E-state index contributed by atoms with van der Waals surface area (Å²) in [7, 11) is 0. The predicted molar refractivity (Wildman–Crippen MR) is 80.2 cm³/mol. The van der Waals surface area contributed by atoms with Crippen LogP contribution in [0.3, 0.4) is 0 Å². The fourth-order valence-electron chi connectivity index (χ4n) is 2.74. The molecule has 1 aliphatic carbocycles. The molecule has 1 rings (SSSR count). The highest BCUT2D eigenvalue weighted by atomic mass is 14.5. The van der Waals surface area contributed by atoms with Crippen molar-refractivity contribution in [3.05, 3.63) is 0 Å². The van der Waals surface area contributed by atoms with Gasteiger partial charge in [0.1, 0.15) is 0 Å². The van der Waals surface area contributed by atoms with Crippen LogP contribution in [0.1, 0.15) is 75.2 Å². The molecule has 0 aromatic carbocycles. The van der Waals surface area contributed by atoms with Gasteiger partial charge in [0.05, 0.1) is 0 Å². The van der Waals surface area contributed by atoms with E-state index >= 15 is 0 Å². The highest BCUT2D eigenvalue weighted by Crippen LogP contribution is 2.57. The minimum Gasteiger partial charge on any atom is -0.0625 e. The molecule has 0 spiro atoms. The molecule has 0 N–H and O–H groups in total. The Balaban J connectivity index is 0.000000304. The summed E-state index contributed by atoms with van der Waals surface area (Å²) in [6, 6.07) is 0. The Labute approximate surface area is 111 Å². The van der Waals surface area contributed by atoms with Crippen LogP contribution >= 0.6 is 0 Å². The van der Waals surface area contributed by atoms with Crippen LogP contribution in [0.25, 0.3) is 0 Å². The van der Waals surface area contributed by atoms with Crippen molar-refractivity contribution in [1.82, 2.24) is 0 Å². The van der Waals surface area contributed by atoms with Crippen molar-refractivity contribution in [2.45, 2.75) is 75.2 Å². The van der Waals surface area contributed by atoms with E-state index in [-0.39, 0.29) is 0 Å². The predicted octanol–water partition coefficient (Wildman–Crippen LogP) is 6.01. The van der Waals surface area contributed by atoms with Gasteiger partial charge < -0.3 is 0 Å². The summed E-state index contributed by atoms with van der Waals surface area (Å²) in [5.74, 6) is 4.36. The smallest absolute Gasteiger partial charge is 0.0251 e. The van der Waals surface area contributed by atoms with Gasteiger partial charge in [-0.3, -0.25) is 0 Å². The first-order chi connectivity index (χ1) is 7.65. The Hall–Kier alpha value is 0. The number of hydrogen-bond donors (Lipinski definition) is 0. The van der Waals surface area contributed by atoms with Crippen LogP contribution in [-0.2, 0) is 0 Å². The SMILES string of the molecule is CC(C)C(C)C(C)C.CC(C)C1(C(C)C)CC1. The van der Waals surface area contributed by atoms with Gasteiger partial charge in [0.15, 0.2) is 0 Å². The van der Waals surface area contributed by atoms with E-state index in [0.29, 0.717) is 0 Å². The average Bonchev–Trinajstić information content (AvgIpc) is 2.97. The number of hydrogen-bond acceptors (Lipinski definition) is 0. The van der Waals surface area contributed by atoms with E-state index in [0.717, 1.165) is 35.0 Å². The van der Waals surface area contributed by atoms with E-state index in [9.17, 15) is 0 Å². The van der Waals surface area contributed by atoms with Crippen molar-refractivity contribution in [3.8, 4) is 0 Å². The van der Waals surface area contributed by atoms with Gasteiger partial charge in [0, 0.05) is 0 Å². The highest BCUT2D eigenvalue weighted by molar-refractivity contribution is 4.97. The van der Waals surface area contributed by atoms with Crippen LogP contribution in [0.5, 0.6) is 0 Å². The Morgan fingerprint density at radius 1 is 0.588 bits per heavy atom. The first kappa shape index (κ1) is 17.0. The van der Waals surface area contributed by atoms with E-state index in [4.69, 9.17) is 0 Å². The van der Waals surface area contributed by atoms with Crippen molar-refractivity contribution < 1.29 is 0 Å². The van der Waals surface area contributed by atoms with Gasteiger partial charge in [-0.25, -0.2) is 0 Å². The van der Waals surface area contributed by atoms with Gasteiger partial charge in [0.25, 0.3) is 0 Å². The maximum atomic E-state index is 2.35. The quantitative estimate of drug-likeness (QED) is 0.564. The van der Waals surface area contributed by atoms with Crippen LogP contribution < -0.4 is 0 Å². The van der Waals surface area contributed by atoms with Crippen LogP contribution in [0, 0.1) is 35.0 Å². The largest absolute Gasteiger partial charge is 0.0625 e. The van der Waals surface area contributed by atoms with Crippen molar-refractivity contribution in [3.63, 3.8) is 0 Å². The molecular weight excluding hydrogens is 204 g/mol. The van der Waals surface area contributed by atoms with Gasteiger partial charge in [0.2, 0.25) is 0 Å². The molecule has 0 aliphatic heterocycles. The third-order valence-corrected chi connectivity index (χ3v) is 5.23. The molecule has 1 fully saturated rings. The Bertz CT molecular complexity index is 176. The van der Waals surface area contributed by atoms with E-state index < -0.39 is 0 Å². The average molecular weight is 240 g/mol. The molecule has 0 nitrogen and oxygen atoms in total. The molecule has 0 aromatic heterocycles. The maximum absolute atomic E-state index is 2.35. The lowest BCUT2D eigenvalue weighted by atomic mass is 9.82. The van der Waals surface area contributed by atoms with Crippen LogP contribution in [0.4, 0.5) is 0 Å².